The fourth-order valence-electron chi connectivity index (χ4n) is 3.19. The molecule has 3 rings (SSSR count). The normalized spacial score (nSPS) is 16.7. The first kappa shape index (κ1) is 22.9. The number of piperazine rings is 1. The van der Waals surface area contributed by atoms with E-state index in [1.807, 2.05) is 4.90 Å². The molecular weight excluding hydrogens is 447 g/mol. The standard InChI is InChI=1S/C21H22Cl2N2O4S/c1-15(27)24-8-10-25(11-9-24)21(13-26)30(28)14-16-2-5-19(12-20(16)23)29-18-6-3-17(22)4-7-18/h2-7,12-13,21H,8-11,14H2,1H3. The van der Waals surface area contributed by atoms with Crippen molar-refractivity contribution in [1.29, 1.82) is 0 Å². The zero-order valence-corrected chi connectivity index (χ0v) is 18.8. The average Bonchev–Trinajstić information content (AvgIpc) is 2.72. The summed E-state index contributed by atoms with van der Waals surface area (Å²) in [5.41, 5.74) is 0.674. The lowest BCUT2D eigenvalue weighted by Gasteiger charge is -2.36. The minimum absolute atomic E-state index is 0.00566. The van der Waals surface area contributed by atoms with Gasteiger partial charge in [0, 0.05) is 43.7 Å². The Hall–Kier alpha value is -1.77. The quantitative estimate of drug-likeness (QED) is 0.457. The van der Waals surface area contributed by atoms with Gasteiger partial charge in [-0.3, -0.25) is 9.59 Å². The van der Waals surface area contributed by atoms with Gasteiger partial charge in [-0.1, -0.05) is 23.2 Å². The number of rotatable bonds is 7. The van der Waals surface area contributed by atoms with Crippen LogP contribution < -0.4 is 4.74 Å². The molecule has 1 amide bonds. The lowest BCUT2D eigenvalue weighted by molar-refractivity contribution is -0.130. The van der Waals surface area contributed by atoms with Gasteiger partial charge in [0.25, 0.3) is 0 Å². The Kier molecular flexibility index (Phi) is 8.02. The molecule has 1 aliphatic heterocycles. The number of halogens is 2. The third-order valence-electron chi connectivity index (χ3n) is 4.88. The first-order chi connectivity index (χ1) is 14.4. The summed E-state index contributed by atoms with van der Waals surface area (Å²) >= 11 is 10.8. The molecule has 0 saturated carbocycles. The van der Waals surface area contributed by atoms with Gasteiger partial charge in [0.2, 0.25) is 11.3 Å². The van der Waals surface area contributed by atoms with Crippen molar-refractivity contribution < 1.29 is 18.9 Å². The Morgan fingerprint density at radius 3 is 2.33 bits per heavy atom. The zero-order chi connectivity index (χ0) is 21.7. The maximum Gasteiger partial charge on any atom is 0.225 e. The van der Waals surface area contributed by atoms with Crippen molar-refractivity contribution in [2.75, 3.05) is 26.2 Å². The predicted molar refractivity (Wildman–Crippen MR) is 119 cm³/mol. The number of carbonyl (C=O) groups is 2. The highest BCUT2D eigenvalue weighted by Crippen LogP contribution is 2.29. The van der Waals surface area contributed by atoms with Gasteiger partial charge in [-0.2, -0.15) is 0 Å². The van der Waals surface area contributed by atoms with Crippen molar-refractivity contribution in [3.05, 3.63) is 58.1 Å². The van der Waals surface area contributed by atoms with Crippen molar-refractivity contribution in [1.82, 2.24) is 9.80 Å². The summed E-state index contributed by atoms with van der Waals surface area (Å²) < 4.78 is 18.6. The number of hydrogen-bond acceptors (Lipinski definition) is 5. The highest BCUT2D eigenvalue weighted by molar-refractivity contribution is 7.91. The molecule has 0 radical (unpaired) electrons. The van der Waals surface area contributed by atoms with Crippen LogP contribution in [0.5, 0.6) is 11.5 Å². The number of carbonyl (C=O) groups excluding carboxylic acids is 2. The van der Waals surface area contributed by atoms with E-state index in [0.717, 1.165) is 0 Å². The largest absolute Gasteiger partial charge is 0.615 e. The SMILES string of the molecule is CC(=O)N1CCN(C(C=O)[S+]([O-])Cc2ccc(Oc3ccc(Cl)cc3)cc2Cl)CC1. The lowest BCUT2D eigenvalue weighted by atomic mass is 10.2. The van der Waals surface area contributed by atoms with Gasteiger partial charge >= 0.3 is 0 Å². The number of ether oxygens (including phenoxy) is 1. The van der Waals surface area contributed by atoms with Crippen LogP contribution in [0.4, 0.5) is 0 Å². The van der Waals surface area contributed by atoms with E-state index in [4.69, 9.17) is 27.9 Å². The number of amides is 1. The summed E-state index contributed by atoms with van der Waals surface area (Å²) in [6, 6.07) is 12.1. The van der Waals surface area contributed by atoms with Crippen molar-refractivity contribution in [3.8, 4) is 11.5 Å². The van der Waals surface area contributed by atoms with Crippen LogP contribution in [0.2, 0.25) is 10.0 Å². The average molecular weight is 469 g/mol. The molecule has 0 N–H and O–H groups in total. The van der Waals surface area contributed by atoms with Crippen LogP contribution in [0.1, 0.15) is 12.5 Å². The Bertz CT molecular complexity index is 889. The molecule has 160 valence electrons. The summed E-state index contributed by atoms with van der Waals surface area (Å²) in [7, 11) is 0. The minimum atomic E-state index is -1.47. The Labute approximate surface area is 188 Å². The highest BCUT2D eigenvalue weighted by Gasteiger charge is 2.32. The third kappa shape index (κ3) is 5.89. The molecule has 30 heavy (non-hydrogen) atoms. The monoisotopic (exact) mass is 468 g/mol. The van der Waals surface area contributed by atoms with Gasteiger partial charge in [-0.05, 0) is 53.6 Å². The van der Waals surface area contributed by atoms with Gasteiger partial charge in [0.1, 0.15) is 17.3 Å². The number of benzene rings is 2. The molecule has 0 aliphatic carbocycles. The van der Waals surface area contributed by atoms with Crippen LogP contribution in [0, 0.1) is 0 Å². The molecular formula is C21H22Cl2N2O4S. The first-order valence-electron chi connectivity index (χ1n) is 9.41. The van der Waals surface area contributed by atoms with E-state index in [2.05, 4.69) is 0 Å². The van der Waals surface area contributed by atoms with Crippen LogP contribution >= 0.6 is 23.2 Å². The van der Waals surface area contributed by atoms with E-state index in [0.29, 0.717) is 59.6 Å². The minimum Gasteiger partial charge on any atom is -0.615 e. The van der Waals surface area contributed by atoms with E-state index >= 15 is 0 Å². The van der Waals surface area contributed by atoms with E-state index in [1.54, 1.807) is 47.4 Å². The van der Waals surface area contributed by atoms with Gasteiger partial charge in [-0.15, -0.1) is 0 Å². The molecule has 0 bridgehead atoms. The summed E-state index contributed by atoms with van der Waals surface area (Å²) in [6.45, 7) is 3.59. The van der Waals surface area contributed by atoms with E-state index in [1.165, 1.54) is 6.92 Å². The summed E-state index contributed by atoms with van der Waals surface area (Å²) in [4.78, 5) is 26.7. The number of aldehydes is 1. The van der Waals surface area contributed by atoms with Crippen molar-refractivity contribution >= 4 is 46.6 Å². The molecule has 0 aromatic heterocycles. The van der Waals surface area contributed by atoms with E-state index in [-0.39, 0.29) is 11.7 Å². The van der Waals surface area contributed by atoms with Gasteiger partial charge in [-0.25, -0.2) is 4.90 Å². The Balaban J connectivity index is 1.62. The smallest absolute Gasteiger partial charge is 0.225 e. The maximum atomic E-state index is 12.9. The molecule has 2 atom stereocenters. The predicted octanol–water partition coefficient (Wildman–Crippen LogP) is 3.72. The molecule has 2 aromatic carbocycles. The second-order valence-corrected chi connectivity index (χ2v) is 9.28. The van der Waals surface area contributed by atoms with Crippen molar-refractivity contribution in [3.63, 3.8) is 0 Å². The van der Waals surface area contributed by atoms with Crippen molar-refractivity contribution in [2.45, 2.75) is 18.1 Å². The van der Waals surface area contributed by atoms with Crippen LogP contribution in [0.15, 0.2) is 42.5 Å². The summed E-state index contributed by atoms with van der Waals surface area (Å²) in [5.74, 6) is 1.32. The third-order valence-corrected chi connectivity index (χ3v) is 7.02. The first-order valence-corrected chi connectivity index (χ1v) is 11.5. The summed E-state index contributed by atoms with van der Waals surface area (Å²) in [5, 5.41) is 0.298. The Morgan fingerprint density at radius 1 is 1.13 bits per heavy atom. The molecule has 2 aromatic rings. The fourth-order valence-corrected chi connectivity index (χ4v) is 5.03. The molecule has 2 unspecified atom stereocenters. The molecule has 1 aliphatic rings. The highest BCUT2D eigenvalue weighted by atomic mass is 35.5. The van der Waals surface area contributed by atoms with Crippen LogP contribution in [-0.2, 0) is 26.5 Å². The van der Waals surface area contributed by atoms with E-state index in [9.17, 15) is 14.1 Å². The summed E-state index contributed by atoms with van der Waals surface area (Å²) in [6.07, 6.45) is 0.714. The number of nitrogens with zero attached hydrogens (tertiary/aromatic N) is 2. The molecule has 1 heterocycles. The number of hydrogen-bond donors (Lipinski definition) is 0. The van der Waals surface area contributed by atoms with Crippen molar-refractivity contribution in [2.24, 2.45) is 0 Å². The van der Waals surface area contributed by atoms with Gasteiger partial charge < -0.3 is 14.2 Å². The Morgan fingerprint density at radius 2 is 1.77 bits per heavy atom. The van der Waals surface area contributed by atoms with Crippen LogP contribution in [-0.4, -0.2) is 58.1 Å². The second kappa shape index (κ2) is 10.5. The molecule has 1 fully saturated rings. The van der Waals surface area contributed by atoms with Crippen LogP contribution in [0.3, 0.4) is 0 Å². The van der Waals surface area contributed by atoms with Gasteiger partial charge in [0.15, 0.2) is 6.29 Å². The zero-order valence-electron chi connectivity index (χ0n) is 16.4. The van der Waals surface area contributed by atoms with Crippen LogP contribution in [0.25, 0.3) is 0 Å². The van der Waals surface area contributed by atoms with Gasteiger partial charge in [0.05, 0.1) is 5.02 Å². The lowest BCUT2D eigenvalue weighted by Crippen LogP contribution is -2.54. The molecule has 9 heteroatoms. The molecule has 0 spiro atoms. The molecule has 6 nitrogen and oxygen atoms in total. The van der Waals surface area contributed by atoms with E-state index < -0.39 is 16.5 Å². The maximum absolute atomic E-state index is 12.9. The second-order valence-electron chi connectivity index (χ2n) is 6.90. The fraction of sp³-hybridized carbons (Fsp3) is 0.333. The topological polar surface area (TPSA) is 72.9 Å². The molecule has 1 saturated heterocycles.